The molecule has 2 aliphatic heterocycles. The van der Waals surface area contributed by atoms with Crippen molar-refractivity contribution < 1.29 is 27.5 Å². The van der Waals surface area contributed by atoms with Crippen molar-refractivity contribution in [1.82, 2.24) is 9.62 Å². The standard InChI is InChI=1S/C21H26N2O6S/c1-5-29-19(26)21(11-10-17(24)22-21)13-14-6-8-15(9-7-14)16-12-18(25)23(20(2,3)4)30(16,27)28/h6-9,12H,5,10-11,13H2,1-4H3,(H,22,24). The predicted molar refractivity (Wildman–Crippen MR) is 110 cm³/mol. The van der Waals surface area contributed by atoms with E-state index in [-0.39, 0.29) is 30.3 Å². The van der Waals surface area contributed by atoms with Gasteiger partial charge in [0.25, 0.3) is 15.9 Å². The van der Waals surface area contributed by atoms with Gasteiger partial charge in [0.15, 0.2) is 0 Å². The molecule has 8 nitrogen and oxygen atoms in total. The zero-order chi connectivity index (χ0) is 22.3. The number of amides is 2. The molecule has 1 saturated heterocycles. The molecular formula is C21H26N2O6S. The Labute approximate surface area is 176 Å². The molecule has 0 bridgehead atoms. The molecule has 1 unspecified atom stereocenters. The lowest BCUT2D eigenvalue weighted by Crippen LogP contribution is -2.51. The first kappa shape index (κ1) is 22.0. The normalized spacial score (nSPS) is 23.3. The molecule has 2 amide bonds. The molecule has 1 N–H and O–H groups in total. The summed E-state index contributed by atoms with van der Waals surface area (Å²) in [5, 5.41) is 2.74. The molecular weight excluding hydrogens is 408 g/mol. The molecule has 2 heterocycles. The number of nitrogens with zero attached hydrogens (tertiary/aromatic N) is 1. The maximum atomic E-state index is 12.9. The van der Waals surface area contributed by atoms with Crippen molar-refractivity contribution >= 4 is 32.7 Å². The second-order valence-electron chi connectivity index (χ2n) is 8.51. The van der Waals surface area contributed by atoms with Gasteiger partial charge in [-0.1, -0.05) is 24.3 Å². The molecule has 1 aromatic carbocycles. The first-order chi connectivity index (χ1) is 13.9. The molecule has 0 saturated carbocycles. The van der Waals surface area contributed by atoms with E-state index >= 15 is 0 Å². The highest BCUT2D eigenvalue weighted by atomic mass is 32.2. The first-order valence-corrected chi connectivity index (χ1v) is 11.2. The van der Waals surface area contributed by atoms with E-state index in [1.807, 2.05) is 0 Å². The van der Waals surface area contributed by atoms with Gasteiger partial charge in [-0.2, -0.15) is 0 Å². The Kier molecular flexibility index (Phi) is 5.53. The van der Waals surface area contributed by atoms with Crippen molar-refractivity contribution in [2.24, 2.45) is 0 Å². The number of rotatable bonds is 5. The summed E-state index contributed by atoms with van der Waals surface area (Å²) in [7, 11) is -3.95. The zero-order valence-electron chi connectivity index (χ0n) is 17.5. The van der Waals surface area contributed by atoms with Crippen molar-refractivity contribution in [2.75, 3.05) is 6.61 Å². The van der Waals surface area contributed by atoms with Gasteiger partial charge in [-0.25, -0.2) is 17.5 Å². The molecule has 1 aromatic rings. The fourth-order valence-corrected chi connectivity index (χ4v) is 5.76. The first-order valence-electron chi connectivity index (χ1n) is 9.79. The molecule has 3 rings (SSSR count). The highest BCUT2D eigenvalue weighted by Crippen LogP contribution is 2.36. The third kappa shape index (κ3) is 3.86. The predicted octanol–water partition coefficient (Wildman–Crippen LogP) is 1.75. The van der Waals surface area contributed by atoms with Crippen LogP contribution in [0, 0.1) is 0 Å². The number of nitrogens with one attached hydrogen (secondary N) is 1. The lowest BCUT2D eigenvalue weighted by Gasteiger charge is -2.30. The molecule has 0 spiro atoms. The number of esters is 1. The van der Waals surface area contributed by atoms with Crippen LogP contribution in [0.25, 0.3) is 4.91 Å². The zero-order valence-corrected chi connectivity index (χ0v) is 18.3. The molecule has 162 valence electrons. The third-order valence-corrected chi connectivity index (χ3v) is 7.27. The van der Waals surface area contributed by atoms with Crippen LogP contribution < -0.4 is 5.32 Å². The number of hydrogen-bond acceptors (Lipinski definition) is 6. The summed E-state index contributed by atoms with van der Waals surface area (Å²) in [5.41, 5.74) is -0.865. The second kappa shape index (κ2) is 7.54. The molecule has 0 radical (unpaired) electrons. The van der Waals surface area contributed by atoms with Crippen molar-refractivity contribution in [3.05, 3.63) is 41.5 Å². The summed E-state index contributed by atoms with van der Waals surface area (Å²) in [6, 6.07) is 6.60. The Morgan fingerprint density at radius 1 is 1.20 bits per heavy atom. The minimum Gasteiger partial charge on any atom is -0.464 e. The van der Waals surface area contributed by atoms with E-state index < -0.39 is 33.0 Å². The highest BCUT2D eigenvalue weighted by molar-refractivity contribution is 7.99. The maximum Gasteiger partial charge on any atom is 0.332 e. The lowest BCUT2D eigenvalue weighted by atomic mass is 9.89. The van der Waals surface area contributed by atoms with Crippen LogP contribution in [0.2, 0.25) is 0 Å². The van der Waals surface area contributed by atoms with E-state index in [1.165, 1.54) is 0 Å². The molecule has 0 aromatic heterocycles. The van der Waals surface area contributed by atoms with Gasteiger partial charge in [0.2, 0.25) is 5.91 Å². The van der Waals surface area contributed by atoms with Crippen LogP contribution in [0.1, 0.15) is 51.7 Å². The van der Waals surface area contributed by atoms with Gasteiger partial charge in [-0.3, -0.25) is 9.59 Å². The quantitative estimate of drug-likeness (QED) is 0.707. The number of ether oxygens (including phenoxy) is 1. The monoisotopic (exact) mass is 434 g/mol. The highest BCUT2D eigenvalue weighted by Gasteiger charge is 2.46. The van der Waals surface area contributed by atoms with E-state index in [0.717, 1.165) is 15.9 Å². The molecule has 30 heavy (non-hydrogen) atoms. The summed E-state index contributed by atoms with van der Waals surface area (Å²) < 4.78 is 31.8. The third-order valence-electron chi connectivity index (χ3n) is 5.15. The maximum absolute atomic E-state index is 12.9. The van der Waals surface area contributed by atoms with Crippen LogP contribution in [0.3, 0.4) is 0 Å². The number of carbonyl (C=O) groups is 3. The Morgan fingerprint density at radius 2 is 1.83 bits per heavy atom. The minimum absolute atomic E-state index is 0.0525. The topological polar surface area (TPSA) is 110 Å². The molecule has 2 aliphatic rings. The molecule has 0 aliphatic carbocycles. The van der Waals surface area contributed by atoms with E-state index in [9.17, 15) is 22.8 Å². The van der Waals surface area contributed by atoms with Gasteiger partial charge in [-0.05, 0) is 45.2 Å². The van der Waals surface area contributed by atoms with Crippen molar-refractivity contribution in [1.29, 1.82) is 0 Å². The number of hydrogen-bond donors (Lipinski definition) is 1. The SMILES string of the molecule is CCOC(=O)C1(Cc2ccc(C3=CC(=O)N(C(C)(C)C)S3(=O)=O)cc2)CCC(=O)N1. The van der Waals surface area contributed by atoms with Crippen LogP contribution >= 0.6 is 0 Å². The summed E-state index contributed by atoms with van der Waals surface area (Å²) in [6.45, 7) is 6.89. The van der Waals surface area contributed by atoms with Crippen molar-refractivity contribution in [3.8, 4) is 0 Å². The van der Waals surface area contributed by atoms with Crippen molar-refractivity contribution in [3.63, 3.8) is 0 Å². The molecule has 1 atom stereocenters. The van der Waals surface area contributed by atoms with Gasteiger partial charge in [0.05, 0.1) is 12.1 Å². The Morgan fingerprint density at radius 3 is 2.30 bits per heavy atom. The van der Waals surface area contributed by atoms with Gasteiger partial charge in [0, 0.05) is 18.9 Å². The average molecular weight is 435 g/mol. The average Bonchev–Trinajstić information content (AvgIpc) is 3.12. The van der Waals surface area contributed by atoms with Crippen LogP contribution in [0.5, 0.6) is 0 Å². The van der Waals surface area contributed by atoms with Crippen LogP contribution in [-0.2, 0) is 35.6 Å². The summed E-state index contributed by atoms with van der Waals surface area (Å²) in [4.78, 5) is 36.5. The number of sulfonamides is 1. The number of benzene rings is 1. The second-order valence-corrected chi connectivity index (χ2v) is 10.3. The smallest absolute Gasteiger partial charge is 0.332 e. The largest absolute Gasteiger partial charge is 0.464 e. The Bertz CT molecular complexity index is 1020. The van der Waals surface area contributed by atoms with Gasteiger partial charge in [-0.15, -0.1) is 0 Å². The summed E-state index contributed by atoms with van der Waals surface area (Å²) in [5.74, 6) is -1.26. The molecule has 9 heteroatoms. The van der Waals surface area contributed by atoms with E-state index in [1.54, 1.807) is 52.0 Å². The fraction of sp³-hybridized carbons (Fsp3) is 0.476. The fourth-order valence-electron chi connectivity index (χ4n) is 3.87. The van der Waals surface area contributed by atoms with Crippen LogP contribution in [-0.4, -0.2) is 48.2 Å². The van der Waals surface area contributed by atoms with Gasteiger partial charge >= 0.3 is 5.97 Å². The summed E-state index contributed by atoms with van der Waals surface area (Å²) >= 11 is 0. The van der Waals surface area contributed by atoms with Crippen LogP contribution in [0.15, 0.2) is 30.3 Å². The lowest BCUT2D eigenvalue weighted by molar-refractivity contribution is -0.151. The minimum atomic E-state index is -3.95. The van der Waals surface area contributed by atoms with E-state index in [2.05, 4.69) is 5.32 Å². The van der Waals surface area contributed by atoms with Gasteiger partial charge < -0.3 is 10.1 Å². The number of carbonyl (C=O) groups excluding carboxylic acids is 3. The van der Waals surface area contributed by atoms with Crippen LogP contribution in [0.4, 0.5) is 0 Å². The van der Waals surface area contributed by atoms with Gasteiger partial charge in [0.1, 0.15) is 10.4 Å². The Hall–Kier alpha value is -2.68. The van der Waals surface area contributed by atoms with E-state index in [4.69, 9.17) is 4.74 Å². The Balaban J connectivity index is 1.87. The summed E-state index contributed by atoms with van der Waals surface area (Å²) in [6.07, 6.45) is 1.94. The van der Waals surface area contributed by atoms with Crippen molar-refractivity contribution in [2.45, 2.75) is 58.0 Å². The molecule has 1 fully saturated rings. The van der Waals surface area contributed by atoms with E-state index in [0.29, 0.717) is 12.0 Å².